The number of ether oxygens (including phenoxy) is 1. The van der Waals surface area contributed by atoms with Crippen molar-refractivity contribution in [2.75, 3.05) is 19.7 Å². The zero-order valence-electron chi connectivity index (χ0n) is 12.0. The standard InChI is InChI=1S/C15H23N3O2/c1-2-7-20-15-10-17-12(8-14(15)19)11-18-6-4-3-5-13(18)9-16/h3,5,8,10,13H,2,4,6-7,9,11,16H2,1H3,(H,17,19). The largest absolute Gasteiger partial charge is 0.488 e. The van der Waals surface area contributed by atoms with E-state index in [1.807, 2.05) is 6.92 Å². The van der Waals surface area contributed by atoms with Gasteiger partial charge < -0.3 is 15.5 Å². The molecule has 0 radical (unpaired) electrons. The van der Waals surface area contributed by atoms with Crippen LogP contribution < -0.4 is 15.9 Å². The molecule has 0 fully saturated rings. The number of rotatable bonds is 6. The summed E-state index contributed by atoms with van der Waals surface area (Å²) in [5, 5.41) is 0. The third-order valence-electron chi connectivity index (χ3n) is 3.42. The fourth-order valence-electron chi connectivity index (χ4n) is 2.34. The predicted molar refractivity (Wildman–Crippen MR) is 79.9 cm³/mol. The highest BCUT2D eigenvalue weighted by molar-refractivity contribution is 5.20. The molecule has 5 heteroatoms. The van der Waals surface area contributed by atoms with E-state index in [1.165, 1.54) is 0 Å². The SMILES string of the molecule is CCCOc1c[nH]c(CN2CCC=CC2CN)cc1=O. The average molecular weight is 277 g/mol. The molecule has 1 aliphatic rings. The number of nitrogens with two attached hydrogens (primary N) is 1. The average Bonchev–Trinajstić information content (AvgIpc) is 2.47. The Morgan fingerprint density at radius 2 is 2.40 bits per heavy atom. The van der Waals surface area contributed by atoms with Gasteiger partial charge in [0.25, 0.3) is 0 Å². The molecule has 2 rings (SSSR count). The van der Waals surface area contributed by atoms with E-state index in [0.29, 0.717) is 25.4 Å². The van der Waals surface area contributed by atoms with Crippen molar-refractivity contribution in [1.29, 1.82) is 0 Å². The molecule has 0 aromatic carbocycles. The van der Waals surface area contributed by atoms with Gasteiger partial charge >= 0.3 is 0 Å². The third-order valence-corrected chi connectivity index (χ3v) is 3.42. The minimum absolute atomic E-state index is 0.0657. The maximum atomic E-state index is 11.9. The molecular formula is C15H23N3O2. The van der Waals surface area contributed by atoms with Crippen molar-refractivity contribution >= 4 is 0 Å². The molecule has 110 valence electrons. The van der Waals surface area contributed by atoms with Crippen LogP contribution in [-0.4, -0.2) is 35.6 Å². The van der Waals surface area contributed by atoms with Crippen LogP contribution in [0, 0.1) is 0 Å². The first-order chi connectivity index (χ1) is 9.74. The van der Waals surface area contributed by atoms with E-state index in [-0.39, 0.29) is 11.5 Å². The smallest absolute Gasteiger partial charge is 0.223 e. The second-order valence-corrected chi connectivity index (χ2v) is 5.03. The number of aromatic nitrogens is 1. The zero-order valence-corrected chi connectivity index (χ0v) is 12.0. The predicted octanol–water partition coefficient (Wildman–Crippen LogP) is 1.25. The van der Waals surface area contributed by atoms with Crippen molar-refractivity contribution < 1.29 is 4.74 Å². The van der Waals surface area contributed by atoms with E-state index >= 15 is 0 Å². The maximum absolute atomic E-state index is 11.9. The molecule has 0 bridgehead atoms. The van der Waals surface area contributed by atoms with Gasteiger partial charge in [-0.15, -0.1) is 0 Å². The van der Waals surface area contributed by atoms with Gasteiger partial charge in [-0.3, -0.25) is 9.69 Å². The molecule has 0 saturated carbocycles. The van der Waals surface area contributed by atoms with Crippen LogP contribution in [0.25, 0.3) is 0 Å². The van der Waals surface area contributed by atoms with Crippen LogP contribution in [0.2, 0.25) is 0 Å². The molecule has 1 aromatic rings. The van der Waals surface area contributed by atoms with E-state index in [9.17, 15) is 4.79 Å². The normalized spacial score (nSPS) is 19.2. The molecule has 1 aliphatic heterocycles. The fraction of sp³-hybridized carbons (Fsp3) is 0.533. The van der Waals surface area contributed by atoms with E-state index in [2.05, 4.69) is 22.0 Å². The molecule has 1 atom stereocenters. The van der Waals surface area contributed by atoms with Crippen LogP contribution in [0.4, 0.5) is 0 Å². The summed E-state index contributed by atoms with van der Waals surface area (Å²) in [6.07, 6.45) is 7.88. The summed E-state index contributed by atoms with van der Waals surface area (Å²) in [6, 6.07) is 1.87. The van der Waals surface area contributed by atoms with E-state index < -0.39 is 0 Å². The minimum atomic E-state index is -0.0657. The first kappa shape index (κ1) is 14.8. The summed E-state index contributed by atoms with van der Waals surface area (Å²) in [5.74, 6) is 0.393. The summed E-state index contributed by atoms with van der Waals surface area (Å²) in [7, 11) is 0. The fourth-order valence-corrected chi connectivity index (χ4v) is 2.34. The Balaban J connectivity index is 2.04. The highest BCUT2D eigenvalue weighted by atomic mass is 16.5. The van der Waals surface area contributed by atoms with E-state index in [0.717, 1.165) is 25.1 Å². The molecule has 2 heterocycles. The summed E-state index contributed by atoms with van der Waals surface area (Å²) in [6.45, 7) is 4.84. The van der Waals surface area contributed by atoms with Gasteiger partial charge in [-0.05, 0) is 12.8 Å². The lowest BCUT2D eigenvalue weighted by Crippen LogP contribution is -2.41. The lowest BCUT2D eigenvalue weighted by molar-refractivity contribution is 0.215. The number of pyridine rings is 1. The molecule has 3 N–H and O–H groups in total. The number of hydrogen-bond acceptors (Lipinski definition) is 4. The van der Waals surface area contributed by atoms with Crippen molar-refractivity contribution in [3.63, 3.8) is 0 Å². The molecule has 0 aliphatic carbocycles. The molecule has 0 saturated heterocycles. The monoisotopic (exact) mass is 277 g/mol. The van der Waals surface area contributed by atoms with Gasteiger partial charge in [-0.1, -0.05) is 19.1 Å². The van der Waals surface area contributed by atoms with Crippen LogP contribution in [0.5, 0.6) is 5.75 Å². The van der Waals surface area contributed by atoms with Crippen molar-refractivity contribution in [3.05, 3.63) is 40.3 Å². The van der Waals surface area contributed by atoms with Crippen molar-refractivity contribution in [2.45, 2.75) is 32.4 Å². The molecule has 20 heavy (non-hydrogen) atoms. The van der Waals surface area contributed by atoms with Crippen molar-refractivity contribution in [3.8, 4) is 5.75 Å². The highest BCUT2D eigenvalue weighted by Crippen LogP contribution is 2.13. The number of hydrogen-bond donors (Lipinski definition) is 2. The first-order valence-corrected chi connectivity index (χ1v) is 7.19. The van der Waals surface area contributed by atoms with Gasteiger partial charge in [0, 0.05) is 43.6 Å². The van der Waals surface area contributed by atoms with Gasteiger partial charge in [-0.25, -0.2) is 0 Å². The Morgan fingerprint density at radius 1 is 1.55 bits per heavy atom. The van der Waals surface area contributed by atoms with Gasteiger partial charge in [0.1, 0.15) is 0 Å². The highest BCUT2D eigenvalue weighted by Gasteiger charge is 2.17. The lowest BCUT2D eigenvalue weighted by Gasteiger charge is -2.31. The molecular weight excluding hydrogens is 254 g/mol. The Labute approximate surface area is 119 Å². The van der Waals surface area contributed by atoms with Crippen LogP contribution >= 0.6 is 0 Å². The van der Waals surface area contributed by atoms with Gasteiger partial charge in [0.15, 0.2) is 5.75 Å². The van der Waals surface area contributed by atoms with Gasteiger partial charge in [0.2, 0.25) is 5.43 Å². The molecule has 1 aromatic heterocycles. The number of nitrogens with zero attached hydrogens (tertiary/aromatic N) is 1. The summed E-state index contributed by atoms with van der Waals surface area (Å²) in [5.41, 5.74) is 6.60. The summed E-state index contributed by atoms with van der Waals surface area (Å²) in [4.78, 5) is 17.4. The van der Waals surface area contributed by atoms with Gasteiger partial charge in [0.05, 0.1) is 6.61 Å². The number of nitrogens with one attached hydrogen (secondary N) is 1. The second-order valence-electron chi connectivity index (χ2n) is 5.03. The van der Waals surface area contributed by atoms with Crippen LogP contribution in [0.3, 0.4) is 0 Å². The number of H-pyrrole nitrogens is 1. The Kier molecular flexibility index (Phi) is 5.38. The second kappa shape index (κ2) is 7.26. The zero-order chi connectivity index (χ0) is 14.4. The Hall–Kier alpha value is -1.59. The summed E-state index contributed by atoms with van der Waals surface area (Å²) < 4.78 is 5.38. The molecule has 0 amide bonds. The van der Waals surface area contributed by atoms with Crippen LogP contribution in [0.1, 0.15) is 25.5 Å². The van der Waals surface area contributed by atoms with Crippen molar-refractivity contribution in [2.24, 2.45) is 5.73 Å². The van der Waals surface area contributed by atoms with Gasteiger partial charge in [-0.2, -0.15) is 0 Å². The van der Waals surface area contributed by atoms with Crippen LogP contribution in [-0.2, 0) is 6.54 Å². The number of aromatic amines is 1. The lowest BCUT2D eigenvalue weighted by atomic mass is 10.1. The molecule has 5 nitrogen and oxygen atoms in total. The Morgan fingerprint density at radius 3 is 3.10 bits per heavy atom. The topological polar surface area (TPSA) is 71.3 Å². The molecule has 0 spiro atoms. The van der Waals surface area contributed by atoms with E-state index in [4.69, 9.17) is 10.5 Å². The summed E-state index contributed by atoms with van der Waals surface area (Å²) >= 11 is 0. The molecule has 1 unspecified atom stereocenters. The third kappa shape index (κ3) is 3.71. The van der Waals surface area contributed by atoms with E-state index in [1.54, 1.807) is 12.3 Å². The Bertz CT molecular complexity index is 510. The first-order valence-electron chi connectivity index (χ1n) is 7.19. The quantitative estimate of drug-likeness (QED) is 0.768. The minimum Gasteiger partial charge on any atom is -0.488 e. The maximum Gasteiger partial charge on any atom is 0.223 e. The van der Waals surface area contributed by atoms with Crippen molar-refractivity contribution in [1.82, 2.24) is 9.88 Å². The van der Waals surface area contributed by atoms with Crippen LogP contribution in [0.15, 0.2) is 29.2 Å².